The van der Waals surface area contributed by atoms with E-state index in [9.17, 15) is 9.90 Å². The summed E-state index contributed by atoms with van der Waals surface area (Å²) in [6.07, 6.45) is 2.19. The molecule has 0 unspecified atom stereocenters. The molecule has 1 aliphatic rings. The molecular formula is C10H8NNaO4. The predicted octanol–water partition coefficient (Wildman–Crippen LogP) is -2.91. The van der Waals surface area contributed by atoms with Crippen LogP contribution in [-0.2, 0) is 4.79 Å². The molecule has 6 heteroatoms. The molecule has 0 radical (unpaired) electrons. The summed E-state index contributed by atoms with van der Waals surface area (Å²) in [6.45, 7) is 0.216. The Morgan fingerprint density at radius 3 is 2.88 bits per heavy atom. The van der Waals surface area contributed by atoms with Crippen LogP contribution in [0.25, 0.3) is 0 Å². The third-order valence-electron chi connectivity index (χ3n) is 1.84. The number of rotatable bonds is 3. The Balaban J connectivity index is 0.00000128. The van der Waals surface area contributed by atoms with Gasteiger partial charge in [0.05, 0.1) is 5.97 Å². The molecule has 1 aromatic rings. The van der Waals surface area contributed by atoms with Gasteiger partial charge in [0.15, 0.2) is 11.5 Å². The van der Waals surface area contributed by atoms with Gasteiger partial charge in [0.2, 0.25) is 6.79 Å². The Kier molecular flexibility index (Phi) is 4.67. The summed E-state index contributed by atoms with van der Waals surface area (Å²) < 4.78 is 10.3. The van der Waals surface area contributed by atoms with E-state index < -0.39 is 5.97 Å². The number of carbonyl (C=O) groups excluding carboxylic acids is 1. The third-order valence-corrected chi connectivity index (χ3v) is 1.84. The first-order valence-corrected chi connectivity index (χ1v) is 4.29. The molecule has 0 saturated carbocycles. The van der Waals surface area contributed by atoms with Crippen LogP contribution >= 0.6 is 0 Å². The molecule has 1 aromatic carbocycles. The van der Waals surface area contributed by atoms with Crippen molar-refractivity contribution in [1.82, 2.24) is 0 Å². The molecule has 5 nitrogen and oxygen atoms in total. The first kappa shape index (κ1) is 12.9. The van der Waals surface area contributed by atoms with Gasteiger partial charge in [-0.2, -0.15) is 0 Å². The van der Waals surface area contributed by atoms with Crippen molar-refractivity contribution < 1.29 is 48.9 Å². The van der Waals surface area contributed by atoms with Crippen molar-refractivity contribution in [3.8, 4) is 11.5 Å². The van der Waals surface area contributed by atoms with Crippen LogP contribution in [0.15, 0.2) is 30.5 Å². The van der Waals surface area contributed by atoms with E-state index in [2.05, 4.69) is 5.32 Å². The first-order valence-electron chi connectivity index (χ1n) is 4.29. The van der Waals surface area contributed by atoms with E-state index in [1.165, 1.54) is 6.20 Å². The molecular weight excluding hydrogens is 221 g/mol. The third kappa shape index (κ3) is 3.16. The van der Waals surface area contributed by atoms with Gasteiger partial charge in [-0.1, -0.05) is 0 Å². The van der Waals surface area contributed by atoms with Crippen molar-refractivity contribution >= 4 is 11.7 Å². The normalized spacial score (nSPS) is 12.2. The van der Waals surface area contributed by atoms with Crippen molar-refractivity contribution in [3.63, 3.8) is 0 Å². The van der Waals surface area contributed by atoms with Gasteiger partial charge >= 0.3 is 29.6 Å². The number of anilines is 1. The average Bonchev–Trinajstić information content (AvgIpc) is 2.64. The van der Waals surface area contributed by atoms with E-state index >= 15 is 0 Å². The summed E-state index contributed by atoms with van der Waals surface area (Å²) in [6, 6.07) is 5.23. The Morgan fingerprint density at radius 2 is 2.12 bits per heavy atom. The molecule has 0 fully saturated rings. The minimum Gasteiger partial charge on any atom is -0.545 e. The minimum atomic E-state index is -1.25. The van der Waals surface area contributed by atoms with Gasteiger partial charge in [0.25, 0.3) is 0 Å². The number of benzene rings is 1. The molecule has 0 spiro atoms. The second kappa shape index (κ2) is 5.79. The fourth-order valence-electron chi connectivity index (χ4n) is 1.19. The smallest absolute Gasteiger partial charge is 0.545 e. The van der Waals surface area contributed by atoms with Gasteiger partial charge in [0, 0.05) is 18.0 Å². The number of aliphatic carboxylic acids is 1. The predicted molar refractivity (Wildman–Crippen MR) is 50.3 cm³/mol. The molecule has 16 heavy (non-hydrogen) atoms. The zero-order valence-corrected chi connectivity index (χ0v) is 10.7. The maximum Gasteiger partial charge on any atom is 1.00 e. The Hall–Kier alpha value is -1.17. The molecule has 0 saturated heterocycles. The van der Waals surface area contributed by atoms with Crippen molar-refractivity contribution in [3.05, 3.63) is 30.5 Å². The fourth-order valence-corrected chi connectivity index (χ4v) is 1.19. The van der Waals surface area contributed by atoms with Crippen LogP contribution in [0.5, 0.6) is 11.5 Å². The van der Waals surface area contributed by atoms with Crippen molar-refractivity contribution in [2.45, 2.75) is 0 Å². The van der Waals surface area contributed by atoms with Crippen LogP contribution in [-0.4, -0.2) is 12.8 Å². The van der Waals surface area contributed by atoms with Gasteiger partial charge in [-0.3, -0.25) is 0 Å². The number of fused-ring (bicyclic) bond motifs is 1. The summed E-state index contributed by atoms with van der Waals surface area (Å²) in [5.74, 6) is 0.0783. The van der Waals surface area contributed by atoms with E-state index in [1.807, 2.05) is 0 Å². The quantitative estimate of drug-likeness (QED) is 0.444. The fraction of sp³-hybridized carbons (Fsp3) is 0.100. The molecule has 1 aliphatic heterocycles. The molecule has 0 amide bonds. The zero-order chi connectivity index (χ0) is 10.7. The van der Waals surface area contributed by atoms with E-state index in [0.717, 1.165) is 11.8 Å². The summed E-state index contributed by atoms with van der Waals surface area (Å²) in [7, 11) is 0. The standard InChI is InChI=1S/C10H9NO4.Na/c12-10(13)3-4-11-7-1-2-8-9(5-7)15-6-14-8;/h1-5,11H,6H2,(H,12,13);/q;+1/p-1. The monoisotopic (exact) mass is 229 g/mol. The van der Waals surface area contributed by atoms with Crippen LogP contribution in [0.1, 0.15) is 0 Å². The van der Waals surface area contributed by atoms with Gasteiger partial charge in [-0.25, -0.2) is 0 Å². The van der Waals surface area contributed by atoms with Crippen LogP contribution < -0.4 is 49.5 Å². The molecule has 0 atom stereocenters. The summed E-state index contributed by atoms with van der Waals surface area (Å²) >= 11 is 0. The maximum absolute atomic E-state index is 10.1. The summed E-state index contributed by atoms with van der Waals surface area (Å²) in [4.78, 5) is 10.1. The van der Waals surface area contributed by atoms with E-state index in [-0.39, 0.29) is 36.4 Å². The maximum atomic E-state index is 10.1. The molecule has 0 bridgehead atoms. The molecule has 2 rings (SSSR count). The number of hydrogen-bond acceptors (Lipinski definition) is 5. The number of hydrogen-bond donors (Lipinski definition) is 1. The Labute approximate surface area is 114 Å². The molecule has 0 aliphatic carbocycles. The SMILES string of the molecule is O=C([O-])C=CNc1ccc2c(c1)OCO2.[Na+]. The van der Waals surface area contributed by atoms with E-state index in [0.29, 0.717) is 11.5 Å². The molecule has 78 valence electrons. The van der Waals surface area contributed by atoms with Gasteiger partial charge in [-0.15, -0.1) is 0 Å². The zero-order valence-electron chi connectivity index (χ0n) is 8.73. The van der Waals surface area contributed by atoms with Gasteiger partial charge in [0.1, 0.15) is 0 Å². The molecule has 1 N–H and O–H groups in total. The van der Waals surface area contributed by atoms with Crippen molar-refractivity contribution in [2.24, 2.45) is 0 Å². The second-order valence-corrected chi connectivity index (χ2v) is 2.86. The molecule has 1 heterocycles. The van der Waals surface area contributed by atoms with E-state index in [4.69, 9.17) is 9.47 Å². The number of nitrogens with one attached hydrogen (secondary N) is 1. The number of carboxylic acids is 1. The number of carbonyl (C=O) groups is 1. The van der Waals surface area contributed by atoms with E-state index in [1.54, 1.807) is 18.2 Å². The average molecular weight is 229 g/mol. The largest absolute Gasteiger partial charge is 1.00 e. The van der Waals surface area contributed by atoms with Crippen molar-refractivity contribution in [2.75, 3.05) is 12.1 Å². The second-order valence-electron chi connectivity index (χ2n) is 2.86. The molecule has 0 aromatic heterocycles. The van der Waals surface area contributed by atoms with Crippen LogP contribution in [0.2, 0.25) is 0 Å². The first-order chi connectivity index (χ1) is 7.25. The van der Waals surface area contributed by atoms with Crippen molar-refractivity contribution in [1.29, 1.82) is 0 Å². The number of ether oxygens (including phenoxy) is 2. The van der Waals surface area contributed by atoms with Crippen LogP contribution in [0.3, 0.4) is 0 Å². The topological polar surface area (TPSA) is 70.6 Å². The van der Waals surface area contributed by atoms with Gasteiger partial charge in [-0.05, 0) is 18.2 Å². The summed E-state index contributed by atoms with van der Waals surface area (Å²) in [5.41, 5.74) is 0.719. The Bertz CT molecular complexity index is 419. The number of carboxylic acid groups (broad SMARTS) is 1. The van der Waals surface area contributed by atoms with Gasteiger partial charge < -0.3 is 24.7 Å². The summed E-state index contributed by atoms with van der Waals surface area (Å²) in [5, 5.41) is 12.9. The van der Waals surface area contributed by atoms with Crippen LogP contribution in [0.4, 0.5) is 5.69 Å². The van der Waals surface area contributed by atoms with Crippen LogP contribution in [0, 0.1) is 0 Å². The Morgan fingerprint density at radius 1 is 1.38 bits per heavy atom. The minimum absolute atomic E-state index is 0.